The van der Waals surface area contributed by atoms with Gasteiger partial charge in [0.25, 0.3) is 5.91 Å². The third-order valence-corrected chi connectivity index (χ3v) is 6.35. The van der Waals surface area contributed by atoms with Crippen molar-refractivity contribution >= 4 is 27.6 Å². The van der Waals surface area contributed by atoms with Crippen molar-refractivity contribution in [3.63, 3.8) is 0 Å². The molecule has 2 aromatic carbocycles. The van der Waals surface area contributed by atoms with Gasteiger partial charge in [0.1, 0.15) is 11.5 Å². The molecule has 0 fully saturated rings. The summed E-state index contributed by atoms with van der Waals surface area (Å²) >= 11 is 0. The molecule has 0 saturated carbocycles. The highest BCUT2D eigenvalue weighted by Gasteiger charge is 2.34. The molecule has 0 spiro atoms. The fourth-order valence-corrected chi connectivity index (χ4v) is 4.43. The number of sulfonamides is 1. The largest absolute Gasteiger partial charge is 0.483 e. The van der Waals surface area contributed by atoms with Gasteiger partial charge >= 0.3 is 5.97 Å². The standard InChI is InChI=1S/C22H26N2O7S/c1-4-11-23-32(27,28)16-9-10-18(15(2)12-16)30-14-21(25)24-13-20(22(26)29-3)31-19-8-6-5-7-17(19)24/h5-10,12,20,23H,4,11,13-14H2,1-3H3/t20-/m1/s1. The van der Waals surface area contributed by atoms with Crippen LogP contribution in [0.15, 0.2) is 47.4 Å². The van der Waals surface area contributed by atoms with Gasteiger partial charge in [-0.25, -0.2) is 17.9 Å². The number of hydrogen-bond acceptors (Lipinski definition) is 7. The molecule has 0 radical (unpaired) electrons. The molecule has 1 aliphatic rings. The third-order valence-electron chi connectivity index (χ3n) is 4.89. The second kappa shape index (κ2) is 10.0. The van der Waals surface area contributed by atoms with Gasteiger partial charge in [0.05, 0.1) is 24.2 Å². The molecule has 1 amide bonds. The van der Waals surface area contributed by atoms with Crippen LogP contribution < -0.4 is 19.1 Å². The smallest absolute Gasteiger partial charge is 0.348 e. The van der Waals surface area contributed by atoms with Crippen molar-refractivity contribution in [2.24, 2.45) is 0 Å². The molecule has 1 N–H and O–H groups in total. The lowest BCUT2D eigenvalue weighted by molar-refractivity contribution is -0.148. The molecular weight excluding hydrogens is 436 g/mol. The number of ether oxygens (including phenoxy) is 3. The van der Waals surface area contributed by atoms with Gasteiger partial charge in [0, 0.05) is 6.54 Å². The number of fused-ring (bicyclic) bond motifs is 1. The Morgan fingerprint density at radius 3 is 2.66 bits per heavy atom. The van der Waals surface area contributed by atoms with Crippen LogP contribution in [0.25, 0.3) is 0 Å². The number of hydrogen-bond donors (Lipinski definition) is 1. The maximum Gasteiger partial charge on any atom is 0.348 e. The van der Waals surface area contributed by atoms with Gasteiger partial charge in [0.15, 0.2) is 6.61 Å². The molecular formula is C22H26N2O7S. The molecule has 1 atom stereocenters. The molecule has 1 aliphatic heterocycles. The van der Waals surface area contributed by atoms with Crippen molar-refractivity contribution in [2.45, 2.75) is 31.3 Å². The molecule has 9 nitrogen and oxygen atoms in total. The molecule has 0 unspecified atom stereocenters. The lowest BCUT2D eigenvalue weighted by Crippen LogP contribution is -2.48. The Kier molecular flexibility index (Phi) is 7.37. The molecule has 2 aromatic rings. The highest BCUT2D eigenvalue weighted by Crippen LogP contribution is 2.33. The van der Waals surface area contributed by atoms with Crippen LogP contribution in [0.2, 0.25) is 0 Å². The number of carbonyl (C=O) groups is 2. The van der Waals surface area contributed by atoms with E-state index in [2.05, 4.69) is 4.72 Å². The Bertz CT molecular complexity index is 1100. The van der Waals surface area contributed by atoms with E-state index in [1.54, 1.807) is 31.2 Å². The van der Waals surface area contributed by atoms with Crippen LogP contribution >= 0.6 is 0 Å². The summed E-state index contributed by atoms with van der Waals surface area (Å²) < 4.78 is 43.2. The Balaban J connectivity index is 1.73. The minimum Gasteiger partial charge on any atom is -0.483 e. The normalized spacial score (nSPS) is 15.5. The molecule has 32 heavy (non-hydrogen) atoms. The maximum absolute atomic E-state index is 12.9. The Morgan fingerprint density at radius 1 is 1.22 bits per heavy atom. The summed E-state index contributed by atoms with van der Waals surface area (Å²) in [6, 6.07) is 11.3. The quantitative estimate of drug-likeness (QED) is 0.598. The van der Waals surface area contributed by atoms with Gasteiger partial charge in [-0.1, -0.05) is 19.1 Å². The highest BCUT2D eigenvalue weighted by molar-refractivity contribution is 7.89. The lowest BCUT2D eigenvalue weighted by atomic mass is 10.2. The van der Waals surface area contributed by atoms with Crippen molar-refractivity contribution in [3.05, 3.63) is 48.0 Å². The van der Waals surface area contributed by atoms with Gasteiger partial charge in [0.2, 0.25) is 16.1 Å². The van der Waals surface area contributed by atoms with Crippen molar-refractivity contribution in [1.29, 1.82) is 0 Å². The first-order valence-electron chi connectivity index (χ1n) is 10.1. The maximum atomic E-state index is 12.9. The van der Waals surface area contributed by atoms with Crippen LogP contribution in [0.3, 0.4) is 0 Å². The number of methoxy groups -OCH3 is 1. The number of nitrogens with zero attached hydrogens (tertiary/aromatic N) is 1. The summed E-state index contributed by atoms with van der Waals surface area (Å²) in [6.07, 6.45) is -0.260. The van der Waals surface area contributed by atoms with Crippen LogP contribution in [0, 0.1) is 6.92 Å². The number of amides is 1. The van der Waals surface area contributed by atoms with Crippen molar-refractivity contribution in [3.8, 4) is 11.5 Å². The summed E-state index contributed by atoms with van der Waals surface area (Å²) in [6.45, 7) is 3.62. The van der Waals surface area contributed by atoms with Crippen molar-refractivity contribution in [1.82, 2.24) is 4.72 Å². The van der Waals surface area contributed by atoms with E-state index in [4.69, 9.17) is 14.2 Å². The molecule has 1 heterocycles. The predicted molar refractivity (Wildman–Crippen MR) is 117 cm³/mol. The van der Waals surface area contributed by atoms with Crippen LogP contribution in [0.5, 0.6) is 11.5 Å². The molecule has 0 saturated heterocycles. The summed E-state index contributed by atoms with van der Waals surface area (Å²) in [7, 11) is -2.34. The fraction of sp³-hybridized carbons (Fsp3) is 0.364. The average Bonchev–Trinajstić information content (AvgIpc) is 2.80. The molecule has 0 aromatic heterocycles. The molecule has 10 heteroatoms. The van der Waals surface area contributed by atoms with E-state index < -0.39 is 22.1 Å². The zero-order valence-electron chi connectivity index (χ0n) is 18.2. The van der Waals surface area contributed by atoms with E-state index in [-0.39, 0.29) is 24.0 Å². The van der Waals surface area contributed by atoms with Gasteiger partial charge in [-0.05, 0) is 49.2 Å². The number of esters is 1. The monoisotopic (exact) mass is 462 g/mol. The van der Waals surface area contributed by atoms with Gasteiger partial charge < -0.3 is 19.1 Å². The number of rotatable bonds is 8. The average molecular weight is 463 g/mol. The molecule has 3 rings (SSSR count). The third kappa shape index (κ3) is 5.20. The predicted octanol–water partition coefficient (Wildman–Crippen LogP) is 2.03. The minimum atomic E-state index is -3.60. The Morgan fingerprint density at radius 2 is 1.97 bits per heavy atom. The summed E-state index contributed by atoms with van der Waals surface area (Å²) in [5.74, 6) is -0.176. The topological polar surface area (TPSA) is 111 Å². The van der Waals surface area contributed by atoms with E-state index in [0.29, 0.717) is 35.7 Å². The molecule has 172 valence electrons. The lowest BCUT2D eigenvalue weighted by Gasteiger charge is -2.33. The first kappa shape index (κ1) is 23.6. The van der Waals surface area contributed by atoms with E-state index in [1.165, 1.54) is 30.2 Å². The summed E-state index contributed by atoms with van der Waals surface area (Å²) in [5.41, 5.74) is 1.11. The SMILES string of the molecule is CCCNS(=O)(=O)c1ccc(OCC(=O)N2C[C@H](C(=O)OC)Oc3ccccc32)c(C)c1. The number of aryl methyl sites for hydroxylation is 1. The number of carbonyl (C=O) groups excluding carboxylic acids is 2. The molecule has 0 bridgehead atoms. The summed E-state index contributed by atoms with van der Waals surface area (Å²) in [5, 5.41) is 0. The number of nitrogens with one attached hydrogen (secondary N) is 1. The van der Waals surface area contributed by atoms with E-state index in [1.807, 2.05) is 6.92 Å². The second-order valence-electron chi connectivity index (χ2n) is 7.22. The zero-order chi connectivity index (χ0) is 23.3. The molecule has 0 aliphatic carbocycles. The van der Waals surface area contributed by atoms with E-state index in [0.717, 1.165) is 0 Å². The Hall–Kier alpha value is -3.11. The first-order chi connectivity index (χ1) is 15.3. The van der Waals surface area contributed by atoms with E-state index in [9.17, 15) is 18.0 Å². The zero-order valence-corrected chi connectivity index (χ0v) is 19.0. The van der Waals surface area contributed by atoms with Gasteiger partial charge in [-0.3, -0.25) is 4.79 Å². The fourth-order valence-electron chi connectivity index (χ4n) is 3.21. The summed E-state index contributed by atoms with van der Waals surface area (Å²) in [4.78, 5) is 26.5. The number of benzene rings is 2. The van der Waals surface area contributed by atoms with Crippen LogP contribution in [0.4, 0.5) is 5.69 Å². The van der Waals surface area contributed by atoms with Crippen LogP contribution in [-0.4, -0.2) is 53.2 Å². The van der Waals surface area contributed by atoms with Gasteiger partial charge in [-0.15, -0.1) is 0 Å². The minimum absolute atomic E-state index is 0.00879. The second-order valence-corrected chi connectivity index (χ2v) is 8.98. The number of anilines is 1. The van der Waals surface area contributed by atoms with Crippen LogP contribution in [0.1, 0.15) is 18.9 Å². The Labute approximate surface area is 187 Å². The van der Waals surface area contributed by atoms with Crippen molar-refractivity contribution < 1.29 is 32.2 Å². The van der Waals surface area contributed by atoms with Crippen LogP contribution in [-0.2, 0) is 24.3 Å². The number of para-hydroxylation sites is 2. The van der Waals surface area contributed by atoms with E-state index >= 15 is 0 Å². The highest BCUT2D eigenvalue weighted by atomic mass is 32.2. The van der Waals surface area contributed by atoms with Gasteiger partial charge in [-0.2, -0.15) is 0 Å². The first-order valence-corrected chi connectivity index (χ1v) is 11.6. The van der Waals surface area contributed by atoms with Crippen molar-refractivity contribution in [2.75, 3.05) is 31.7 Å².